The average Bonchev–Trinajstić information content (AvgIpc) is 2.61. The minimum absolute atomic E-state index is 0.635. The zero-order valence-corrected chi connectivity index (χ0v) is 15.2. The minimum atomic E-state index is 0.635. The van der Waals surface area contributed by atoms with Gasteiger partial charge in [0, 0.05) is 62.0 Å². The number of piperazine rings is 1. The third kappa shape index (κ3) is 4.58. The predicted octanol–water partition coefficient (Wildman–Crippen LogP) is 1.99. The fourth-order valence-corrected chi connectivity index (χ4v) is 4.43. The summed E-state index contributed by atoms with van der Waals surface area (Å²) in [5.41, 5.74) is 1.19. The van der Waals surface area contributed by atoms with Gasteiger partial charge >= 0.3 is 0 Å². The van der Waals surface area contributed by atoms with E-state index in [4.69, 9.17) is 0 Å². The van der Waals surface area contributed by atoms with Crippen molar-refractivity contribution < 1.29 is 0 Å². The molecule has 0 aromatic carbocycles. The van der Waals surface area contributed by atoms with Gasteiger partial charge in [-0.15, -0.1) is 0 Å². The van der Waals surface area contributed by atoms with Crippen molar-refractivity contribution >= 4 is 17.7 Å². The highest BCUT2D eigenvalue weighted by atomic mass is 32.2. The van der Waals surface area contributed by atoms with E-state index in [0.717, 1.165) is 43.9 Å². The Kier molecular flexibility index (Phi) is 6.14. The molecule has 2 heterocycles. The number of thioether (sulfide) groups is 1. The van der Waals surface area contributed by atoms with Crippen molar-refractivity contribution in [3.8, 4) is 0 Å². The van der Waals surface area contributed by atoms with Crippen LogP contribution in [0.15, 0.2) is 12.4 Å². The first-order valence-corrected chi connectivity index (χ1v) is 10.1. The van der Waals surface area contributed by atoms with Crippen molar-refractivity contribution in [1.29, 1.82) is 0 Å². The van der Waals surface area contributed by atoms with E-state index in [1.165, 1.54) is 31.2 Å². The second-order valence-corrected chi connectivity index (χ2v) is 7.80. The van der Waals surface area contributed by atoms with Gasteiger partial charge < -0.3 is 15.1 Å². The summed E-state index contributed by atoms with van der Waals surface area (Å²) in [6, 6.07) is 0.635. The van der Waals surface area contributed by atoms with Crippen molar-refractivity contribution in [2.45, 2.75) is 43.5 Å². The Bertz CT molecular complexity index is 472. The van der Waals surface area contributed by atoms with Gasteiger partial charge in [-0.25, -0.2) is 9.97 Å². The molecule has 128 valence electrons. The van der Waals surface area contributed by atoms with Crippen LogP contribution in [0, 0.1) is 0 Å². The van der Waals surface area contributed by atoms with Gasteiger partial charge in [0.05, 0.1) is 0 Å². The second kappa shape index (κ2) is 8.31. The Morgan fingerprint density at radius 3 is 2.52 bits per heavy atom. The van der Waals surface area contributed by atoms with Crippen molar-refractivity contribution in [1.82, 2.24) is 20.2 Å². The SMILES string of the molecule is CS[C@@H]1CCCC[C@@H]1NCc1cnc(N2CCN(C)CC2)nc1. The summed E-state index contributed by atoms with van der Waals surface area (Å²) >= 11 is 2.01. The van der Waals surface area contributed by atoms with Crippen molar-refractivity contribution in [3.63, 3.8) is 0 Å². The molecule has 0 bridgehead atoms. The number of hydrogen-bond acceptors (Lipinski definition) is 6. The summed E-state index contributed by atoms with van der Waals surface area (Å²) in [5, 5.41) is 4.48. The largest absolute Gasteiger partial charge is 0.338 e. The average molecular weight is 336 g/mol. The summed E-state index contributed by atoms with van der Waals surface area (Å²) in [4.78, 5) is 13.8. The van der Waals surface area contributed by atoms with Crippen LogP contribution >= 0.6 is 11.8 Å². The van der Waals surface area contributed by atoms with Crippen LogP contribution in [0.5, 0.6) is 0 Å². The molecule has 1 aromatic heterocycles. The molecule has 1 N–H and O–H groups in total. The molecule has 1 saturated heterocycles. The second-order valence-electron chi connectivity index (χ2n) is 6.73. The number of nitrogens with one attached hydrogen (secondary N) is 1. The molecule has 1 aliphatic heterocycles. The lowest BCUT2D eigenvalue weighted by Crippen LogP contribution is -2.45. The lowest BCUT2D eigenvalue weighted by molar-refractivity contribution is 0.311. The van der Waals surface area contributed by atoms with E-state index in [2.05, 4.69) is 38.4 Å². The molecular formula is C17H29N5S. The summed E-state index contributed by atoms with van der Waals surface area (Å²) in [6.45, 7) is 5.09. The maximum absolute atomic E-state index is 4.58. The monoisotopic (exact) mass is 335 g/mol. The Morgan fingerprint density at radius 2 is 1.83 bits per heavy atom. The molecular weight excluding hydrogens is 306 g/mol. The van der Waals surface area contributed by atoms with Crippen LogP contribution in [0.1, 0.15) is 31.2 Å². The van der Waals surface area contributed by atoms with Crippen molar-refractivity contribution in [3.05, 3.63) is 18.0 Å². The zero-order valence-electron chi connectivity index (χ0n) is 14.4. The minimum Gasteiger partial charge on any atom is -0.338 e. The van der Waals surface area contributed by atoms with Crippen LogP contribution in [0.2, 0.25) is 0 Å². The van der Waals surface area contributed by atoms with E-state index in [1.807, 2.05) is 24.2 Å². The van der Waals surface area contributed by atoms with Gasteiger partial charge in [0.15, 0.2) is 0 Å². The van der Waals surface area contributed by atoms with Gasteiger partial charge in [-0.1, -0.05) is 12.8 Å². The van der Waals surface area contributed by atoms with Gasteiger partial charge in [0.1, 0.15) is 0 Å². The van der Waals surface area contributed by atoms with E-state index in [9.17, 15) is 0 Å². The van der Waals surface area contributed by atoms with E-state index in [-0.39, 0.29) is 0 Å². The highest BCUT2D eigenvalue weighted by molar-refractivity contribution is 7.99. The standard InChI is InChI=1S/C17H29N5S/c1-21-7-9-22(10-8-21)17-19-12-14(13-20-17)11-18-15-5-3-4-6-16(15)23-2/h12-13,15-16,18H,3-11H2,1-2H3/t15-,16+/m0/s1. The van der Waals surface area contributed by atoms with Crippen LogP contribution < -0.4 is 10.2 Å². The van der Waals surface area contributed by atoms with E-state index in [0.29, 0.717) is 6.04 Å². The quantitative estimate of drug-likeness (QED) is 0.888. The number of nitrogens with zero attached hydrogens (tertiary/aromatic N) is 4. The van der Waals surface area contributed by atoms with Crippen LogP contribution in [-0.2, 0) is 6.54 Å². The number of hydrogen-bond donors (Lipinski definition) is 1. The Labute approximate surface area is 144 Å². The normalized spacial score (nSPS) is 26.4. The summed E-state index contributed by atoms with van der Waals surface area (Å²) in [6.07, 6.45) is 11.6. The maximum Gasteiger partial charge on any atom is 0.225 e. The third-order valence-electron chi connectivity index (χ3n) is 5.05. The molecule has 2 fully saturated rings. The molecule has 0 radical (unpaired) electrons. The first kappa shape index (κ1) is 17.0. The Hall–Kier alpha value is -0.850. The maximum atomic E-state index is 4.58. The number of rotatable bonds is 5. The molecule has 5 nitrogen and oxygen atoms in total. The first-order chi connectivity index (χ1) is 11.3. The van der Waals surface area contributed by atoms with E-state index >= 15 is 0 Å². The van der Waals surface area contributed by atoms with Gasteiger partial charge in [-0.05, 0) is 26.1 Å². The molecule has 1 saturated carbocycles. The number of anilines is 1. The van der Waals surface area contributed by atoms with Crippen molar-refractivity contribution in [2.75, 3.05) is 44.4 Å². The van der Waals surface area contributed by atoms with Gasteiger partial charge in [-0.3, -0.25) is 0 Å². The highest BCUT2D eigenvalue weighted by Gasteiger charge is 2.23. The topological polar surface area (TPSA) is 44.3 Å². The molecule has 1 aliphatic carbocycles. The third-order valence-corrected chi connectivity index (χ3v) is 6.22. The van der Waals surface area contributed by atoms with Crippen molar-refractivity contribution in [2.24, 2.45) is 0 Å². The van der Waals surface area contributed by atoms with Gasteiger partial charge in [0.2, 0.25) is 5.95 Å². The first-order valence-electron chi connectivity index (χ1n) is 8.77. The molecule has 3 rings (SSSR count). The van der Waals surface area contributed by atoms with Crippen LogP contribution in [0.4, 0.5) is 5.95 Å². The molecule has 0 amide bonds. The molecule has 0 unspecified atom stereocenters. The fourth-order valence-electron chi connectivity index (χ4n) is 3.47. The molecule has 23 heavy (non-hydrogen) atoms. The summed E-state index contributed by atoms with van der Waals surface area (Å²) < 4.78 is 0. The van der Waals surface area contributed by atoms with Gasteiger partial charge in [0.25, 0.3) is 0 Å². The van der Waals surface area contributed by atoms with Crippen LogP contribution in [0.25, 0.3) is 0 Å². The highest BCUT2D eigenvalue weighted by Crippen LogP contribution is 2.27. The lowest BCUT2D eigenvalue weighted by Gasteiger charge is -2.32. The zero-order chi connectivity index (χ0) is 16.1. The van der Waals surface area contributed by atoms with E-state index < -0.39 is 0 Å². The van der Waals surface area contributed by atoms with Gasteiger partial charge in [-0.2, -0.15) is 11.8 Å². The molecule has 0 spiro atoms. The predicted molar refractivity (Wildman–Crippen MR) is 98.1 cm³/mol. The van der Waals surface area contributed by atoms with Crippen LogP contribution in [0.3, 0.4) is 0 Å². The van der Waals surface area contributed by atoms with Crippen LogP contribution in [-0.4, -0.2) is 65.6 Å². The number of aromatic nitrogens is 2. The fraction of sp³-hybridized carbons (Fsp3) is 0.765. The molecule has 2 aliphatic rings. The summed E-state index contributed by atoms with van der Waals surface area (Å²) in [5.74, 6) is 0.876. The number of likely N-dealkylation sites (N-methyl/N-ethyl adjacent to an activating group) is 1. The molecule has 1 aromatic rings. The lowest BCUT2D eigenvalue weighted by atomic mass is 9.95. The molecule has 2 atom stereocenters. The smallest absolute Gasteiger partial charge is 0.225 e. The molecule has 6 heteroatoms. The Balaban J connectivity index is 1.51. The Morgan fingerprint density at radius 1 is 1.13 bits per heavy atom. The summed E-state index contributed by atoms with van der Waals surface area (Å²) in [7, 11) is 2.17. The van der Waals surface area contributed by atoms with E-state index in [1.54, 1.807) is 0 Å².